The van der Waals surface area contributed by atoms with Crippen molar-refractivity contribution >= 4 is 11.6 Å². The number of methoxy groups -OCH3 is 2. The minimum Gasteiger partial charge on any atom is -0.494 e. The molecular weight excluding hydrogens is 538 g/mol. The summed E-state index contributed by atoms with van der Waals surface area (Å²) in [6, 6.07) is 9.31. The molecule has 0 radical (unpaired) electrons. The number of carbonyl (C=O) groups is 2. The van der Waals surface area contributed by atoms with Crippen molar-refractivity contribution in [3.05, 3.63) is 71.2 Å². The summed E-state index contributed by atoms with van der Waals surface area (Å²) in [5.41, 5.74) is -1.73. The van der Waals surface area contributed by atoms with E-state index in [-0.39, 0.29) is 60.1 Å². The van der Waals surface area contributed by atoms with Crippen LogP contribution >= 0.6 is 0 Å². The summed E-state index contributed by atoms with van der Waals surface area (Å²) in [7, 11) is 2.64. The van der Waals surface area contributed by atoms with E-state index in [4.69, 9.17) is 19.3 Å². The van der Waals surface area contributed by atoms with Crippen molar-refractivity contribution in [1.29, 1.82) is 0 Å². The number of benzene rings is 2. The zero-order valence-corrected chi connectivity index (χ0v) is 21.6. The van der Waals surface area contributed by atoms with Crippen molar-refractivity contribution in [3.63, 3.8) is 0 Å². The summed E-state index contributed by atoms with van der Waals surface area (Å²) in [5.74, 6) is -2.96. The number of halogens is 4. The van der Waals surface area contributed by atoms with Crippen molar-refractivity contribution in [2.75, 3.05) is 34.0 Å². The standard InChI is InChI=1S/C28H27F4NO7/c1-38-24-8-6-21(33-26(24)17-3-5-20(29)19(13-17)28(30,31)32)27(37)18(9-10-34)14-22(36)16-4-7-23(40-12-11-35)25(15-16)39-2/h3-8,13,15,18,34-35H,9-12,14H2,1-2H3/t18-/m0/s1. The van der Waals surface area contributed by atoms with Gasteiger partial charge in [-0.1, -0.05) is 0 Å². The number of nitrogens with zero attached hydrogens (tertiary/aromatic N) is 1. The minimum atomic E-state index is -4.96. The first-order valence-electron chi connectivity index (χ1n) is 12.1. The van der Waals surface area contributed by atoms with E-state index >= 15 is 0 Å². The van der Waals surface area contributed by atoms with Crippen LogP contribution < -0.4 is 14.2 Å². The quantitative estimate of drug-likeness (QED) is 0.226. The Balaban J connectivity index is 1.92. The van der Waals surface area contributed by atoms with Gasteiger partial charge in [-0.15, -0.1) is 0 Å². The number of Topliss-reactive ketones (excluding diaryl/α,β-unsaturated/α-hetero) is 2. The Labute approximate surface area is 227 Å². The van der Waals surface area contributed by atoms with E-state index in [0.29, 0.717) is 17.9 Å². The molecule has 12 heteroatoms. The lowest BCUT2D eigenvalue weighted by atomic mass is 9.90. The third kappa shape index (κ3) is 7.13. The predicted molar refractivity (Wildman–Crippen MR) is 135 cm³/mol. The van der Waals surface area contributed by atoms with Crippen LogP contribution in [0, 0.1) is 11.7 Å². The molecule has 1 aromatic heterocycles. The third-order valence-electron chi connectivity index (χ3n) is 5.99. The van der Waals surface area contributed by atoms with Crippen molar-refractivity contribution in [1.82, 2.24) is 4.98 Å². The molecule has 0 unspecified atom stereocenters. The summed E-state index contributed by atoms with van der Waals surface area (Å²) < 4.78 is 69.5. The highest BCUT2D eigenvalue weighted by atomic mass is 19.4. The van der Waals surface area contributed by atoms with Crippen LogP contribution in [-0.4, -0.2) is 60.8 Å². The molecule has 2 aromatic carbocycles. The van der Waals surface area contributed by atoms with Crippen molar-refractivity contribution < 1.29 is 51.6 Å². The van der Waals surface area contributed by atoms with Gasteiger partial charge in [0, 0.05) is 30.1 Å². The van der Waals surface area contributed by atoms with E-state index < -0.39 is 41.6 Å². The van der Waals surface area contributed by atoms with E-state index in [9.17, 15) is 32.3 Å². The normalized spacial score (nSPS) is 12.1. The lowest BCUT2D eigenvalue weighted by molar-refractivity contribution is -0.139. The number of hydrogen-bond donors (Lipinski definition) is 2. The van der Waals surface area contributed by atoms with Crippen molar-refractivity contribution in [2.24, 2.45) is 5.92 Å². The lowest BCUT2D eigenvalue weighted by Gasteiger charge is -2.17. The Hall–Kier alpha value is -4.03. The van der Waals surface area contributed by atoms with Gasteiger partial charge in [0.25, 0.3) is 0 Å². The molecule has 0 aliphatic heterocycles. The van der Waals surface area contributed by atoms with Crippen LogP contribution in [0.3, 0.4) is 0 Å². The lowest BCUT2D eigenvalue weighted by Crippen LogP contribution is -2.21. The van der Waals surface area contributed by atoms with E-state index in [1.54, 1.807) is 0 Å². The number of aromatic nitrogens is 1. The summed E-state index contributed by atoms with van der Waals surface area (Å²) in [6.07, 6.45) is -5.35. The number of pyridine rings is 1. The average Bonchev–Trinajstić information content (AvgIpc) is 2.94. The molecule has 0 bridgehead atoms. The largest absolute Gasteiger partial charge is 0.494 e. The topological polar surface area (TPSA) is 115 Å². The molecule has 8 nitrogen and oxygen atoms in total. The molecule has 0 spiro atoms. The number of ether oxygens (including phenoxy) is 3. The zero-order chi connectivity index (χ0) is 29.4. The Kier molecular flexibility index (Phi) is 10.2. The van der Waals surface area contributed by atoms with Gasteiger partial charge in [0.15, 0.2) is 23.1 Å². The number of rotatable bonds is 13. The molecule has 1 atom stereocenters. The van der Waals surface area contributed by atoms with Crippen LogP contribution in [-0.2, 0) is 6.18 Å². The Morgan fingerprint density at radius 2 is 1.62 bits per heavy atom. The highest BCUT2D eigenvalue weighted by molar-refractivity contribution is 6.03. The fraction of sp³-hybridized carbons (Fsp3) is 0.321. The predicted octanol–water partition coefficient (Wildman–Crippen LogP) is 4.75. The maximum Gasteiger partial charge on any atom is 0.419 e. The van der Waals surface area contributed by atoms with Gasteiger partial charge in [-0.25, -0.2) is 9.37 Å². The minimum absolute atomic E-state index is 0.0169. The second kappa shape index (κ2) is 13.4. The molecule has 0 aliphatic carbocycles. The number of aliphatic hydroxyl groups is 2. The molecule has 0 saturated heterocycles. The van der Waals surface area contributed by atoms with Crippen molar-refractivity contribution in [2.45, 2.75) is 19.0 Å². The highest BCUT2D eigenvalue weighted by Crippen LogP contribution is 2.36. The first kappa shape index (κ1) is 30.5. The summed E-state index contributed by atoms with van der Waals surface area (Å²) in [4.78, 5) is 30.6. The van der Waals surface area contributed by atoms with Gasteiger partial charge in [0.05, 0.1) is 26.4 Å². The van der Waals surface area contributed by atoms with Gasteiger partial charge in [0.1, 0.15) is 29.6 Å². The summed E-state index contributed by atoms with van der Waals surface area (Å²) >= 11 is 0. The van der Waals surface area contributed by atoms with Crippen LogP contribution in [0.1, 0.15) is 39.3 Å². The molecule has 2 N–H and O–H groups in total. The smallest absolute Gasteiger partial charge is 0.419 e. The molecule has 0 aliphatic rings. The van der Waals surface area contributed by atoms with E-state index in [1.807, 2.05) is 0 Å². The first-order chi connectivity index (χ1) is 19.0. The first-order valence-corrected chi connectivity index (χ1v) is 12.1. The Morgan fingerprint density at radius 1 is 0.925 bits per heavy atom. The molecule has 1 heterocycles. The fourth-order valence-electron chi connectivity index (χ4n) is 3.99. The monoisotopic (exact) mass is 565 g/mol. The van der Waals surface area contributed by atoms with Gasteiger partial charge >= 0.3 is 6.18 Å². The van der Waals surface area contributed by atoms with Crippen LogP contribution in [0.2, 0.25) is 0 Å². The average molecular weight is 566 g/mol. The van der Waals surface area contributed by atoms with Crippen LogP contribution in [0.25, 0.3) is 11.3 Å². The van der Waals surface area contributed by atoms with Crippen LogP contribution in [0.15, 0.2) is 48.5 Å². The Bertz CT molecular complexity index is 1360. The van der Waals surface area contributed by atoms with Gasteiger partial charge < -0.3 is 24.4 Å². The van der Waals surface area contributed by atoms with Gasteiger partial charge in [-0.2, -0.15) is 13.2 Å². The molecule has 3 rings (SSSR count). The van der Waals surface area contributed by atoms with Crippen molar-refractivity contribution in [3.8, 4) is 28.5 Å². The van der Waals surface area contributed by atoms with Crippen LogP contribution in [0.5, 0.6) is 17.2 Å². The second-order valence-electron chi connectivity index (χ2n) is 8.58. The summed E-state index contributed by atoms with van der Waals surface area (Å²) in [6.45, 7) is -0.625. The number of carbonyl (C=O) groups excluding carboxylic acids is 2. The number of aliphatic hydroxyl groups excluding tert-OH is 2. The maximum absolute atomic E-state index is 13.8. The molecular formula is C28H27F4NO7. The van der Waals surface area contributed by atoms with E-state index in [1.165, 1.54) is 44.6 Å². The molecule has 214 valence electrons. The number of ketones is 2. The molecule has 0 amide bonds. The number of alkyl halides is 3. The van der Waals surface area contributed by atoms with E-state index in [2.05, 4.69) is 4.98 Å². The zero-order valence-electron chi connectivity index (χ0n) is 21.6. The maximum atomic E-state index is 13.8. The van der Waals surface area contributed by atoms with E-state index in [0.717, 1.165) is 6.07 Å². The Morgan fingerprint density at radius 3 is 2.25 bits per heavy atom. The molecule has 3 aromatic rings. The van der Waals surface area contributed by atoms with Gasteiger partial charge in [-0.05, 0) is 55.0 Å². The fourth-order valence-corrected chi connectivity index (χ4v) is 3.99. The highest BCUT2D eigenvalue weighted by Gasteiger charge is 2.35. The molecule has 0 fully saturated rings. The molecule has 0 saturated carbocycles. The molecule has 40 heavy (non-hydrogen) atoms. The third-order valence-corrected chi connectivity index (χ3v) is 5.99. The summed E-state index contributed by atoms with van der Waals surface area (Å²) in [5, 5.41) is 18.5. The SMILES string of the molecule is COc1cc(C(=O)C[C@H](CCO)C(=O)c2ccc(OC)c(-c3ccc(F)c(C(F)(F)F)c3)n2)ccc1OCCO. The van der Waals surface area contributed by atoms with Gasteiger partial charge in [0.2, 0.25) is 0 Å². The number of hydrogen-bond acceptors (Lipinski definition) is 8. The second-order valence-corrected chi connectivity index (χ2v) is 8.58. The van der Waals surface area contributed by atoms with Crippen LogP contribution in [0.4, 0.5) is 17.6 Å². The van der Waals surface area contributed by atoms with Gasteiger partial charge in [-0.3, -0.25) is 9.59 Å².